The van der Waals surface area contributed by atoms with Crippen molar-refractivity contribution in [2.75, 3.05) is 50.0 Å². The molecule has 0 atom stereocenters. The summed E-state index contributed by atoms with van der Waals surface area (Å²) in [6.07, 6.45) is 1.88. The highest BCUT2D eigenvalue weighted by molar-refractivity contribution is 5.56. The van der Waals surface area contributed by atoms with E-state index >= 15 is 0 Å². The average Bonchev–Trinajstić information content (AvgIpc) is 2.44. The van der Waals surface area contributed by atoms with E-state index in [2.05, 4.69) is 26.7 Å². The molecule has 1 aromatic heterocycles. The van der Waals surface area contributed by atoms with Gasteiger partial charge in [-0.2, -0.15) is 0 Å². The van der Waals surface area contributed by atoms with Crippen molar-refractivity contribution in [2.45, 2.75) is 26.7 Å². The molecule has 0 aliphatic carbocycles. The van der Waals surface area contributed by atoms with Crippen LogP contribution in [0.5, 0.6) is 0 Å². The molecule has 2 heterocycles. The quantitative estimate of drug-likeness (QED) is 0.814. The van der Waals surface area contributed by atoms with Crippen LogP contribution in [0.4, 0.5) is 11.6 Å². The fraction of sp³-hybridized carbons (Fsp3) is 0.714. The second-order valence-electron chi connectivity index (χ2n) is 5.28. The Balaban J connectivity index is 2.12. The van der Waals surface area contributed by atoms with Crippen molar-refractivity contribution in [1.29, 1.82) is 0 Å². The fourth-order valence-electron chi connectivity index (χ4n) is 2.54. The Bertz CT molecular complexity index is 443. The van der Waals surface area contributed by atoms with Gasteiger partial charge >= 0.3 is 0 Å². The van der Waals surface area contributed by atoms with Crippen molar-refractivity contribution in [2.24, 2.45) is 0 Å². The molecule has 112 valence electrons. The number of hydrogen-bond donors (Lipinski definition) is 2. The van der Waals surface area contributed by atoms with E-state index in [9.17, 15) is 0 Å². The Labute approximate surface area is 120 Å². The number of nitrogens with two attached hydrogens (primary N) is 1. The standard InChI is InChI=1S/C14H25N5O/c1-3-4-12-16-13(15)11(2)14(17-12)19-7-5-18(6-8-19)9-10-20/h20H,3-10H2,1-2H3,(H2,15,16,17). The number of hydrogen-bond acceptors (Lipinski definition) is 6. The summed E-state index contributed by atoms with van der Waals surface area (Å²) >= 11 is 0. The van der Waals surface area contributed by atoms with Crippen LogP contribution >= 0.6 is 0 Å². The minimum absolute atomic E-state index is 0.222. The van der Waals surface area contributed by atoms with Crippen molar-refractivity contribution in [1.82, 2.24) is 14.9 Å². The van der Waals surface area contributed by atoms with Crippen LogP contribution in [0.2, 0.25) is 0 Å². The maximum atomic E-state index is 8.98. The van der Waals surface area contributed by atoms with Crippen LogP contribution < -0.4 is 10.6 Å². The molecule has 0 aromatic carbocycles. The minimum Gasteiger partial charge on any atom is -0.395 e. The summed E-state index contributed by atoms with van der Waals surface area (Å²) in [5.74, 6) is 2.41. The van der Waals surface area contributed by atoms with Crippen LogP contribution in [0.15, 0.2) is 0 Å². The summed E-state index contributed by atoms with van der Waals surface area (Å²) in [5.41, 5.74) is 6.98. The van der Waals surface area contributed by atoms with Crippen molar-refractivity contribution in [3.63, 3.8) is 0 Å². The van der Waals surface area contributed by atoms with E-state index in [1.165, 1.54) is 0 Å². The zero-order chi connectivity index (χ0) is 14.5. The molecule has 6 heteroatoms. The second kappa shape index (κ2) is 6.85. The van der Waals surface area contributed by atoms with Crippen LogP contribution in [0.25, 0.3) is 0 Å². The van der Waals surface area contributed by atoms with Gasteiger partial charge in [0.05, 0.1) is 6.61 Å². The number of nitrogens with zero attached hydrogens (tertiary/aromatic N) is 4. The molecule has 0 radical (unpaired) electrons. The smallest absolute Gasteiger partial charge is 0.137 e. The Morgan fingerprint density at radius 2 is 1.90 bits per heavy atom. The molecule has 3 N–H and O–H groups in total. The van der Waals surface area contributed by atoms with Crippen molar-refractivity contribution >= 4 is 11.6 Å². The molecule has 2 rings (SSSR count). The van der Waals surface area contributed by atoms with Crippen molar-refractivity contribution in [3.05, 3.63) is 11.4 Å². The first-order valence-electron chi connectivity index (χ1n) is 7.36. The van der Waals surface area contributed by atoms with Crippen molar-refractivity contribution < 1.29 is 5.11 Å². The van der Waals surface area contributed by atoms with Gasteiger partial charge in [0.1, 0.15) is 17.5 Å². The van der Waals surface area contributed by atoms with E-state index in [1.54, 1.807) is 0 Å². The molecule has 6 nitrogen and oxygen atoms in total. The molecular formula is C14H25N5O. The number of anilines is 2. The first kappa shape index (κ1) is 15.0. The first-order chi connectivity index (χ1) is 9.65. The van der Waals surface area contributed by atoms with Gasteiger partial charge in [-0.25, -0.2) is 9.97 Å². The largest absolute Gasteiger partial charge is 0.395 e. The van der Waals surface area contributed by atoms with E-state index < -0.39 is 0 Å². The molecule has 0 unspecified atom stereocenters. The van der Waals surface area contributed by atoms with E-state index in [1.807, 2.05) is 6.92 Å². The predicted molar refractivity (Wildman–Crippen MR) is 80.9 cm³/mol. The lowest BCUT2D eigenvalue weighted by molar-refractivity contribution is 0.188. The summed E-state index contributed by atoms with van der Waals surface area (Å²) in [6.45, 7) is 8.82. The Hall–Kier alpha value is -1.40. The highest BCUT2D eigenvalue weighted by atomic mass is 16.3. The van der Waals surface area contributed by atoms with E-state index in [0.29, 0.717) is 5.82 Å². The number of aromatic nitrogens is 2. The van der Waals surface area contributed by atoms with Crippen LogP contribution in [0, 0.1) is 6.92 Å². The third-order valence-corrected chi connectivity index (χ3v) is 3.77. The number of nitrogen functional groups attached to an aromatic ring is 1. The topological polar surface area (TPSA) is 78.5 Å². The number of aliphatic hydroxyl groups excluding tert-OH is 1. The Morgan fingerprint density at radius 1 is 1.20 bits per heavy atom. The molecule has 20 heavy (non-hydrogen) atoms. The SMILES string of the molecule is CCCc1nc(N)c(C)c(N2CCN(CCO)CC2)n1. The maximum Gasteiger partial charge on any atom is 0.137 e. The van der Waals surface area contributed by atoms with E-state index in [0.717, 1.165) is 62.8 Å². The highest BCUT2D eigenvalue weighted by Crippen LogP contribution is 2.23. The third-order valence-electron chi connectivity index (χ3n) is 3.77. The van der Waals surface area contributed by atoms with Gasteiger partial charge < -0.3 is 15.7 Å². The van der Waals surface area contributed by atoms with Crippen molar-refractivity contribution in [3.8, 4) is 0 Å². The van der Waals surface area contributed by atoms with Gasteiger partial charge in [-0.3, -0.25) is 4.90 Å². The summed E-state index contributed by atoms with van der Waals surface area (Å²) in [7, 11) is 0. The molecule has 1 fully saturated rings. The normalized spacial score (nSPS) is 16.6. The number of piperazine rings is 1. The molecular weight excluding hydrogens is 254 g/mol. The molecule has 0 saturated carbocycles. The summed E-state index contributed by atoms with van der Waals surface area (Å²) < 4.78 is 0. The Morgan fingerprint density at radius 3 is 2.50 bits per heavy atom. The number of β-amino-alcohol motifs (C(OH)–C–C–N with tert-alkyl or cyclic N) is 1. The average molecular weight is 279 g/mol. The van der Waals surface area contributed by atoms with Gasteiger partial charge in [-0.05, 0) is 13.3 Å². The molecule has 1 aromatic rings. The lowest BCUT2D eigenvalue weighted by Gasteiger charge is -2.35. The molecule has 0 amide bonds. The van der Waals surface area contributed by atoms with Gasteiger partial charge in [-0.1, -0.05) is 6.92 Å². The molecule has 1 aliphatic rings. The van der Waals surface area contributed by atoms with E-state index in [-0.39, 0.29) is 6.61 Å². The number of aliphatic hydroxyl groups is 1. The van der Waals surface area contributed by atoms with Gasteiger partial charge in [0.2, 0.25) is 0 Å². The highest BCUT2D eigenvalue weighted by Gasteiger charge is 2.20. The van der Waals surface area contributed by atoms with Crippen LogP contribution in [-0.2, 0) is 6.42 Å². The summed E-state index contributed by atoms with van der Waals surface area (Å²) in [6, 6.07) is 0. The zero-order valence-electron chi connectivity index (χ0n) is 12.5. The minimum atomic E-state index is 0.222. The van der Waals surface area contributed by atoms with Gasteiger partial charge in [-0.15, -0.1) is 0 Å². The van der Waals surface area contributed by atoms with E-state index in [4.69, 9.17) is 10.8 Å². The monoisotopic (exact) mass is 279 g/mol. The number of aryl methyl sites for hydroxylation is 1. The van der Waals surface area contributed by atoms with Crippen LogP contribution in [0.3, 0.4) is 0 Å². The van der Waals surface area contributed by atoms with Crippen LogP contribution in [0.1, 0.15) is 24.7 Å². The summed E-state index contributed by atoms with van der Waals surface area (Å²) in [4.78, 5) is 13.6. The molecule has 1 aliphatic heterocycles. The third kappa shape index (κ3) is 3.37. The lowest BCUT2D eigenvalue weighted by Crippen LogP contribution is -2.47. The molecule has 0 bridgehead atoms. The number of rotatable bonds is 5. The molecule has 0 spiro atoms. The van der Waals surface area contributed by atoms with Gasteiger partial charge in [0.15, 0.2) is 0 Å². The fourth-order valence-corrected chi connectivity index (χ4v) is 2.54. The van der Waals surface area contributed by atoms with Crippen LogP contribution in [-0.4, -0.2) is 59.3 Å². The molecule has 1 saturated heterocycles. The maximum absolute atomic E-state index is 8.98. The second-order valence-corrected chi connectivity index (χ2v) is 5.28. The summed E-state index contributed by atoms with van der Waals surface area (Å²) in [5, 5.41) is 8.98. The van der Waals surface area contributed by atoms with Gasteiger partial charge in [0, 0.05) is 44.7 Å². The Kier molecular flexibility index (Phi) is 5.14. The van der Waals surface area contributed by atoms with Gasteiger partial charge in [0.25, 0.3) is 0 Å². The lowest BCUT2D eigenvalue weighted by atomic mass is 10.2. The predicted octanol–water partition coefficient (Wildman–Crippen LogP) is 0.434. The first-order valence-corrected chi connectivity index (χ1v) is 7.36. The zero-order valence-corrected chi connectivity index (χ0v) is 12.5.